The van der Waals surface area contributed by atoms with E-state index in [2.05, 4.69) is 49.7 Å². The van der Waals surface area contributed by atoms with E-state index in [1.807, 2.05) is 12.1 Å². The van der Waals surface area contributed by atoms with Crippen molar-refractivity contribution in [1.82, 2.24) is 20.2 Å². The van der Waals surface area contributed by atoms with Gasteiger partial charge in [-0.2, -0.15) is 5.10 Å². The Labute approximate surface area is 110 Å². The number of aromatic nitrogens is 4. The fraction of sp³-hybridized carbons (Fsp3) is 0.0714. The second-order valence-electron chi connectivity index (χ2n) is 4.12. The van der Waals surface area contributed by atoms with Gasteiger partial charge in [0, 0.05) is 18.9 Å². The summed E-state index contributed by atoms with van der Waals surface area (Å²) in [5.74, 6) is 0.827. The molecule has 2 aromatic heterocycles. The van der Waals surface area contributed by atoms with Crippen molar-refractivity contribution in [2.24, 2.45) is 0 Å². The summed E-state index contributed by atoms with van der Waals surface area (Å²) in [5, 5.41) is 10.1. The maximum atomic E-state index is 4.12. The molecule has 3 rings (SSSR count). The normalized spacial score (nSPS) is 10.3. The monoisotopic (exact) mass is 251 g/mol. The first-order valence-electron chi connectivity index (χ1n) is 6.00. The molecular formula is C14H13N5. The maximum absolute atomic E-state index is 4.12. The summed E-state index contributed by atoms with van der Waals surface area (Å²) in [6.07, 6.45) is 5.00. The SMILES string of the molecule is c1cc(NCc2ccc(-c3ccn[nH]3)cc2)ncn1. The van der Waals surface area contributed by atoms with Crippen LogP contribution in [0.1, 0.15) is 5.56 Å². The number of aromatic amines is 1. The van der Waals surface area contributed by atoms with Gasteiger partial charge in [-0.1, -0.05) is 24.3 Å². The van der Waals surface area contributed by atoms with Crippen LogP contribution >= 0.6 is 0 Å². The number of anilines is 1. The lowest BCUT2D eigenvalue weighted by molar-refractivity contribution is 1.08. The van der Waals surface area contributed by atoms with Gasteiger partial charge in [0.1, 0.15) is 12.1 Å². The van der Waals surface area contributed by atoms with Crippen molar-refractivity contribution in [1.29, 1.82) is 0 Å². The summed E-state index contributed by atoms with van der Waals surface area (Å²) in [4.78, 5) is 8.00. The Balaban J connectivity index is 1.67. The summed E-state index contributed by atoms with van der Waals surface area (Å²) in [6.45, 7) is 0.736. The lowest BCUT2D eigenvalue weighted by Crippen LogP contribution is -2.01. The van der Waals surface area contributed by atoms with E-state index in [9.17, 15) is 0 Å². The molecule has 0 aliphatic rings. The second kappa shape index (κ2) is 5.30. The van der Waals surface area contributed by atoms with Crippen LogP contribution in [0.25, 0.3) is 11.3 Å². The zero-order valence-electron chi connectivity index (χ0n) is 10.2. The molecule has 0 bridgehead atoms. The average molecular weight is 251 g/mol. The number of hydrogen-bond acceptors (Lipinski definition) is 4. The smallest absolute Gasteiger partial charge is 0.129 e. The molecule has 0 atom stereocenters. The van der Waals surface area contributed by atoms with Gasteiger partial charge < -0.3 is 5.32 Å². The first kappa shape index (κ1) is 11.4. The molecule has 5 heteroatoms. The van der Waals surface area contributed by atoms with Crippen LogP contribution in [-0.4, -0.2) is 20.2 Å². The highest BCUT2D eigenvalue weighted by molar-refractivity contribution is 5.58. The fourth-order valence-electron chi connectivity index (χ4n) is 1.81. The van der Waals surface area contributed by atoms with Gasteiger partial charge in [-0.05, 0) is 23.3 Å². The average Bonchev–Trinajstić information content (AvgIpc) is 3.01. The van der Waals surface area contributed by atoms with E-state index < -0.39 is 0 Å². The molecule has 0 fully saturated rings. The lowest BCUT2D eigenvalue weighted by Gasteiger charge is -2.05. The molecule has 0 aliphatic carbocycles. The van der Waals surface area contributed by atoms with E-state index in [-0.39, 0.29) is 0 Å². The van der Waals surface area contributed by atoms with Gasteiger partial charge >= 0.3 is 0 Å². The van der Waals surface area contributed by atoms with Crippen LogP contribution in [0.2, 0.25) is 0 Å². The Hall–Kier alpha value is -2.69. The van der Waals surface area contributed by atoms with Crippen molar-refractivity contribution in [3.05, 3.63) is 60.7 Å². The highest BCUT2D eigenvalue weighted by Crippen LogP contribution is 2.17. The van der Waals surface area contributed by atoms with Crippen LogP contribution in [0.3, 0.4) is 0 Å². The Morgan fingerprint density at radius 2 is 1.89 bits per heavy atom. The third-order valence-corrected chi connectivity index (χ3v) is 2.82. The zero-order chi connectivity index (χ0) is 12.9. The highest BCUT2D eigenvalue weighted by atomic mass is 15.1. The Kier molecular flexibility index (Phi) is 3.18. The highest BCUT2D eigenvalue weighted by Gasteiger charge is 1.99. The van der Waals surface area contributed by atoms with Crippen LogP contribution in [-0.2, 0) is 6.54 Å². The van der Waals surface area contributed by atoms with Gasteiger partial charge in [-0.3, -0.25) is 5.10 Å². The summed E-state index contributed by atoms with van der Waals surface area (Å²) in [6, 6.07) is 12.1. The predicted octanol–water partition coefficient (Wildman–Crippen LogP) is 2.48. The molecule has 0 radical (unpaired) electrons. The minimum atomic E-state index is 0.736. The van der Waals surface area contributed by atoms with Crippen molar-refractivity contribution in [2.75, 3.05) is 5.32 Å². The van der Waals surface area contributed by atoms with Crippen molar-refractivity contribution in [3.63, 3.8) is 0 Å². The van der Waals surface area contributed by atoms with Crippen molar-refractivity contribution in [3.8, 4) is 11.3 Å². The second-order valence-corrected chi connectivity index (χ2v) is 4.12. The summed E-state index contributed by atoms with van der Waals surface area (Å²) >= 11 is 0. The molecule has 0 amide bonds. The lowest BCUT2D eigenvalue weighted by atomic mass is 10.1. The van der Waals surface area contributed by atoms with Crippen LogP contribution in [0.4, 0.5) is 5.82 Å². The number of H-pyrrole nitrogens is 1. The van der Waals surface area contributed by atoms with Crippen LogP contribution in [0.5, 0.6) is 0 Å². The van der Waals surface area contributed by atoms with E-state index in [0.29, 0.717) is 0 Å². The molecular weight excluding hydrogens is 238 g/mol. The number of nitrogens with one attached hydrogen (secondary N) is 2. The Morgan fingerprint density at radius 3 is 2.58 bits per heavy atom. The summed E-state index contributed by atoms with van der Waals surface area (Å²) in [5.41, 5.74) is 3.35. The van der Waals surface area contributed by atoms with E-state index >= 15 is 0 Å². The zero-order valence-corrected chi connectivity index (χ0v) is 10.2. The molecule has 0 spiro atoms. The van der Waals surface area contributed by atoms with Gasteiger partial charge in [0.25, 0.3) is 0 Å². The largest absolute Gasteiger partial charge is 0.366 e. The van der Waals surface area contributed by atoms with Gasteiger partial charge in [-0.25, -0.2) is 9.97 Å². The topological polar surface area (TPSA) is 66.5 Å². The van der Waals surface area contributed by atoms with Gasteiger partial charge in [0.2, 0.25) is 0 Å². The van der Waals surface area contributed by atoms with Crippen LogP contribution in [0.15, 0.2) is 55.1 Å². The summed E-state index contributed by atoms with van der Waals surface area (Å²) in [7, 11) is 0. The molecule has 1 aromatic carbocycles. The number of rotatable bonds is 4. The Bertz CT molecular complexity index is 617. The molecule has 2 heterocycles. The molecule has 0 saturated heterocycles. The van der Waals surface area contributed by atoms with E-state index in [1.165, 1.54) is 11.9 Å². The van der Waals surface area contributed by atoms with Crippen LogP contribution in [0, 0.1) is 0 Å². The predicted molar refractivity (Wildman–Crippen MR) is 73.4 cm³/mol. The molecule has 0 saturated carbocycles. The van der Waals surface area contributed by atoms with Crippen molar-refractivity contribution < 1.29 is 0 Å². The maximum Gasteiger partial charge on any atom is 0.129 e. The standard InChI is InChI=1S/C14H13N5/c1-3-12(13-5-8-18-19-13)4-2-11(1)9-16-14-6-7-15-10-17-14/h1-8,10H,9H2,(H,18,19)(H,15,16,17). The first-order chi connectivity index (χ1) is 9.42. The van der Waals surface area contributed by atoms with E-state index in [0.717, 1.165) is 23.6 Å². The van der Waals surface area contributed by atoms with Crippen LogP contribution < -0.4 is 5.32 Å². The fourth-order valence-corrected chi connectivity index (χ4v) is 1.81. The van der Waals surface area contributed by atoms with E-state index in [4.69, 9.17) is 0 Å². The third kappa shape index (κ3) is 2.77. The number of hydrogen-bond donors (Lipinski definition) is 2. The van der Waals surface area contributed by atoms with E-state index in [1.54, 1.807) is 12.4 Å². The Morgan fingerprint density at radius 1 is 1.00 bits per heavy atom. The van der Waals surface area contributed by atoms with Gasteiger partial charge in [0.05, 0.1) is 5.69 Å². The molecule has 0 aliphatic heterocycles. The number of benzene rings is 1. The molecule has 2 N–H and O–H groups in total. The number of nitrogens with zero attached hydrogens (tertiary/aromatic N) is 3. The third-order valence-electron chi connectivity index (χ3n) is 2.82. The molecule has 94 valence electrons. The van der Waals surface area contributed by atoms with Gasteiger partial charge in [-0.15, -0.1) is 0 Å². The summed E-state index contributed by atoms with van der Waals surface area (Å²) < 4.78 is 0. The van der Waals surface area contributed by atoms with Crippen molar-refractivity contribution >= 4 is 5.82 Å². The molecule has 3 aromatic rings. The minimum Gasteiger partial charge on any atom is -0.366 e. The molecule has 5 nitrogen and oxygen atoms in total. The minimum absolute atomic E-state index is 0.736. The molecule has 19 heavy (non-hydrogen) atoms. The molecule has 0 unspecified atom stereocenters. The van der Waals surface area contributed by atoms with Crippen molar-refractivity contribution in [2.45, 2.75) is 6.54 Å². The first-order valence-corrected chi connectivity index (χ1v) is 6.00. The quantitative estimate of drug-likeness (QED) is 0.747. The van der Waals surface area contributed by atoms with Gasteiger partial charge in [0.15, 0.2) is 0 Å².